The number of aromatic nitrogens is 3. The molecule has 17 heteroatoms. The highest BCUT2D eigenvalue weighted by atomic mass is 16.5. The summed E-state index contributed by atoms with van der Waals surface area (Å²) in [6.07, 6.45) is 8.31. The van der Waals surface area contributed by atoms with Crippen LogP contribution in [0.5, 0.6) is 11.5 Å². The third kappa shape index (κ3) is 6.62. The lowest BCUT2D eigenvalue weighted by molar-refractivity contribution is -0.136. The summed E-state index contributed by atoms with van der Waals surface area (Å²) in [5.41, 5.74) is 3.75. The molecule has 3 fully saturated rings. The number of fused-ring (bicyclic) bond motifs is 3. The number of imide groups is 2. The Morgan fingerprint density at radius 3 is 2.44 bits per heavy atom. The van der Waals surface area contributed by atoms with E-state index in [4.69, 9.17) is 9.47 Å². The highest BCUT2D eigenvalue weighted by molar-refractivity contribution is 6.25. The number of methoxy groups -OCH3 is 1. The van der Waals surface area contributed by atoms with Crippen molar-refractivity contribution in [2.24, 2.45) is 0 Å². The van der Waals surface area contributed by atoms with Gasteiger partial charge in [0.2, 0.25) is 11.8 Å². The molecule has 59 heavy (non-hydrogen) atoms. The first-order valence-electron chi connectivity index (χ1n) is 20.0. The van der Waals surface area contributed by atoms with Gasteiger partial charge in [-0.05, 0) is 82.8 Å². The molecule has 2 aromatic carbocycles. The van der Waals surface area contributed by atoms with Crippen molar-refractivity contribution in [3.8, 4) is 11.5 Å². The first-order valence-corrected chi connectivity index (χ1v) is 20.0. The number of ether oxygens (including phenoxy) is 2. The fourth-order valence-corrected chi connectivity index (χ4v) is 9.17. The van der Waals surface area contributed by atoms with Gasteiger partial charge < -0.3 is 24.6 Å². The van der Waals surface area contributed by atoms with E-state index in [-0.39, 0.29) is 59.7 Å². The number of benzene rings is 2. The second-order valence-corrected chi connectivity index (χ2v) is 16.2. The number of amides is 6. The number of piperidine rings is 1. The van der Waals surface area contributed by atoms with Gasteiger partial charge in [-0.25, -0.2) is 9.50 Å². The van der Waals surface area contributed by atoms with E-state index in [0.717, 1.165) is 41.8 Å². The molecular weight excluding hydrogens is 759 g/mol. The molecule has 2 saturated heterocycles. The molecule has 5 aliphatic rings. The topological polar surface area (TPSA) is 188 Å². The average Bonchev–Trinajstić information content (AvgIpc) is 3.85. The zero-order valence-electron chi connectivity index (χ0n) is 33.3. The second-order valence-electron chi connectivity index (χ2n) is 16.2. The quantitative estimate of drug-likeness (QED) is 0.223. The Morgan fingerprint density at radius 2 is 1.71 bits per heavy atom. The first kappa shape index (κ1) is 38.2. The van der Waals surface area contributed by atoms with Gasteiger partial charge in [-0.3, -0.25) is 43.9 Å². The zero-order chi connectivity index (χ0) is 41.3. The lowest BCUT2D eigenvalue weighted by Gasteiger charge is -2.49. The van der Waals surface area contributed by atoms with Crippen LogP contribution in [0.3, 0.4) is 0 Å². The number of hydrogen-bond acceptors (Lipinski definition) is 12. The van der Waals surface area contributed by atoms with Crippen LogP contribution >= 0.6 is 0 Å². The fraction of sp³-hybridized carbons (Fsp3) is 0.429. The van der Waals surface area contributed by atoms with Gasteiger partial charge in [0, 0.05) is 73.9 Å². The largest absolute Gasteiger partial charge is 0.496 e. The highest BCUT2D eigenvalue weighted by Gasteiger charge is 2.47. The lowest BCUT2D eigenvalue weighted by atomic mass is 9.88. The molecule has 0 spiro atoms. The van der Waals surface area contributed by atoms with Crippen LogP contribution in [0.4, 0.5) is 11.4 Å². The fourth-order valence-electron chi connectivity index (χ4n) is 9.17. The van der Waals surface area contributed by atoms with Gasteiger partial charge in [0.1, 0.15) is 23.1 Å². The molecule has 1 aliphatic carbocycles. The number of rotatable bonds is 10. The zero-order valence-corrected chi connectivity index (χ0v) is 33.3. The van der Waals surface area contributed by atoms with E-state index in [9.17, 15) is 28.8 Å². The minimum atomic E-state index is -1.05. The van der Waals surface area contributed by atoms with E-state index in [2.05, 4.69) is 37.6 Å². The molecule has 0 radical (unpaired) electrons. The Hall–Kier alpha value is -6.36. The molecule has 1 saturated carbocycles. The van der Waals surface area contributed by atoms with Crippen molar-refractivity contribution < 1.29 is 38.2 Å². The molecule has 306 valence electrons. The molecule has 2 aromatic heterocycles. The van der Waals surface area contributed by atoms with E-state index >= 15 is 0 Å². The Balaban J connectivity index is 0.825. The van der Waals surface area contributed by atoms with Gasteiger partial charge in [-0.1, -0.05) is 0 Å². The summed E-state index contributed by atoms with van der Waals surface area (Å²) in [5.74, 6) is -1.96. The van der Waals surface area contributed by atoms with Crippen molar-refractivity contribution >= 4 is 52.5 Å². The van der Waals surface area contributed by atoms with Crippen LogP contribution in [0.2, 0.25) is 0 Å². The van der Waals surface area contributed by atoms with E-state index in [1.807, 2.05) is 24.8 Å². The molecule has 4 aliphatic heterocycles. The van der Waals surface area contributed by atoms with Crippen LogP contribution in [0.1, 0.15) is 99.4 Å². The summed E-state index contributed by atoms with van der Waals surface area (Å²) in [7, 11) is 3.59. The Morgan fingerprint density at radius 1 is 0.932 bits per heavy atom. The maximum Gasteiger partial charge on any atom is 0.266 e. The summed E-state index contributed by atoms with van der Waals surface area (Å²) in [6.45, 7) is 5.67. The van der Waals surface area contributed by atoms with E-state index in [0.29, 0.717) is 53.9 Å². The van der Waals surface area contributed by atoms with Crippen molar-refractivity contribution in [3.63, 3.8) is 0 Å². The van der Waals surface area contributed by atoms with Gasteiger partial charge >= 0.3 is 0 Å². The third-order valence-electron chi connectivity index (χ3n) is 12.4. The first-order chi connectivity index (χ1) is 28.4. The lowest BCUT2D eigenvalue weighted by Crippen LogP contribution is -2.61. The number of anilines is 2. The van der Waals surface area contributed by atoms with Crippen LogP contribution in [0, 0.1) is 0 Å². The molecular formula is C42H45N9O8. The number of hydrogen-bond donors (Lipinski definition) is 2. The molecule has 0 bridgehead atoms. The van der Waals surface area contributed by atoms with Crippen molar-refractivity contribution in [3.05, 3.63) is 76.7 Å². The van der Waals surface area contributed by atoms with Crippen molar-refractivity contribution in [1.29, 1.82) is 0 Å². The van der Waals surface area contributed by atoms with Gasteiger partial charge in [-0.15, -0.1) is 0 Å². The summed E-state index contributed by atoms with van der Waals surface area (Å²) in [6, 6.07) is 8.41. The average molecular weight is 804 g/mol. The molecule has 1 unspecified atom stereocenters. The Labute approximate surface area is 339 Å². The third-order valence-corrected chi connectivity index (χ3v) is 12.4. The molecule has 17 nitrogen and oxygen atoms in total. The van der Waals surface area contributed by atoms with Crippen LogP contribution < -0.4 is 25.0 Å². The maximum atomic E-state index is 13.9. The maximum absolute atomic E-state index is 13.9. The normalized spacial score (nSPS) is 22.0. The molecule has 6 heterocycles. The predicted molar refractivity (Wildman–Crippen MR) is 212 cm³/mol. The standard InChI is InChI=1S/C42H45N9O8/c1-22(2)59-33-17-28-23(14-31(33)45-38(53)30-18-44-50-13-5-12-43-37(30)50)19-49(40(28)55)25-8-6-24(7-9-25)47(3)27-20-48(21-27)26-15-29-36(34(16-26)58-4)42(57)51(41(29)56)32-10-11-35(52)46-39(32)54/h5,12-18,22,24-25,27,32H,6-11,19-21H2,1-4H3,(H,45,53)(H,46,52,54)/t24-,25-,32?. The summed E-state index contributed by atoms with van der Waals surface area (Å²) >= 11 is 0. The van der Waals surface area contributed by atoms with Crippen molar-refractivity contribution in [2.75, 3.05) is 37.5 Å². The molecule has 1 atom stereocenters. The van der Waals surface area contributed by atoms with Crippen LogP contribution in [0.15, 0.2) is 48.9 Å². The molecule has 2 N–H and O–H groups in total. The second kappa shape index (κ2) is 14.8. The van der Waals surface area contributed by atoms with Gasteiger partial charge in [-0.2, -0.15) is 5.10 Å². The van der Waals surface area contributed by atoms with Crippen molar-refractivity contribution in [1.82, 2.24) is 34.6 Å². The summed E-state index contributed by atoms with van der Waals surface area (Å²) in [4.78, 5) is 90.4. The van der Waals surface area contributed by atoms with Gasteiger partial charge in [0.15, 0.2) is 5.65 Å². The smallest absolute Gasteiger partial charge is 0.266 e. The van der Waals surface area contributed by atoms with Gasteiger partial charge in [0.05, 0.1) is 36.2 Å². The number of carbonyl (C=O) groups is 6. The predicted octanol–water partition coefficient (Wildman–Crippen LogP) is 3.27. The SMILES string of the molecule is COc1cc(N2CC(N(C)[C@H]3CC[C@H](N4Cc5cc(NC(=O)c6cnn7cccnc67)c(OC(C)C)cc5C4=O)CC3)C2)cc2c1C(=O)N(C1CCC(=O)NC1=O)C2=O. The Bertz CT molecular complexity index is 2430. The minimum absolute atomic E-state index is 0.0325. The summed E-state index contributed by atoms with van der Waals surface area (Å²) < 4.78 is 13.2. The molecule has 9 rings (SSSR count). The number of nitrogens with one attached hydrogen (secondary N) is 2. The highest BCUT2D eigenvalue weighted by Crippen LogP contribution is 2.41. The van der Waals surface area contributed by atoms with Crippen LogP contribution in [-0.4, -0.2) is 122 Å². The van der Waals surface area contributed by atoms with Crippen molar-refractivity contribution in [2.45, 2.75) is 89.2 Å². The summed E-state index contributed by atoms with van der Waals surface area (Å²) in [5, 5.41) is 9.45. The number of likely N-dealkylation sites (N-methyl/N-ethyl adjacent to an activating group) is 1. The van der Waals surface area contributed by atoms with Crippen LogP contribution in [0.25, 0.3) is 5.65 Å². The number of nitrogens with zero attached hydrogens (tertiary/aromatic N) is 7. The minimum Gasteiger partial charge on any atom is -0.496 e. The molecule has 4 aromatic rings. The molecule has 6 amide bonds. The van der Waals surface area contributed by atoms with E-state index in [1.54, 1.807) is 36.7 Å². The van der Waals surface area contributed by atoms with E-state index in [1.165, 1.54) is 17.8 Å². The van der Waals surface area contributed by atoms with Crippen LogP contribution in [-0.2, 0) is 16.1 Å². The monoisotopic (exact) mass is 803 g/mol. The van der Waals surface area contributed by atoms with Gasteiger partial charge in [0.25, 0.3) is 23.6 Å². The Kier molecular flexibility index (Phi) is 9.57. The van der Waals surface area contributed by atoms with E-state index < -0.39 is 29.7 Å². The number of carbonyl (C=O) groups excluding carboxylic acids is 6.